The van der Waals surface area contributed by atoms with E-state index in [0.717, 1.165) is 47.5 Å². The number of anilines is 1. The standard InChI is InChI=1S/C19H18ClN3O/c1-12-10-14(20)6-8-15(12)22-19(24)13-5-7-16-17(11-13)23-9-3-2-4-18(23)21-16/h2-4,6,8-10,13H,5,7,11H2,1H3,(H,22,24). The number of pyridine rings is 1. The quantitative estimate of drug-likeness (QED) is 0.766. The van der Waals surface area contributed by atoms with Gasteiger partial charge in [-0.1, -0.05) is 17.7 Å². The number of carbonyl (C=O) groups is 1. The summed E-state index contributed by atoms with van der Waals surface area (Å²) in [5.74, 6) is 0.0321. The number of halogens is 1. The van der Waals surface area contributed by atoms with Gasteiger partial charge in [0.05, 0.1) is 5.69 Å². The van der Waals surface area contributed by atoms with Crippen molar-refractivity contribution in [3.05, 3.63) is 64.6 Å². The van der Waals surface area contributed by atoms with E-state index in [1.54, 1.807) is 6.07 Å². The SMILES string of the molecule is Cc1cc(Cl)ccc1NC(=O)C1CCc2nc3ccccn3c2C1. The number of carbonyl (C=O) groups excluding carboxylic acids is 1. The molecule has 1 atom stereocenters. The van der Waals surface area contributed by atoms with Crippen LogP contribution in [0, 0.1) is 12.8 Å². The first kappa shape index (κ1) is 15.2. The first-order valence-corrected chi connectivity index (χ1v) is 8.51. The zero-order chi connectivity index (χ0) is 16.7. The Labute approximate surface area is 145 Å². The molecule has 2 aromatic heterocycles. The van der Waals surface area contributed by atoms with Gasteiger partial charge in [-0.15, -0.1) is 0 Å². The van der Waals surface area contributed by atoms with Crippen LogP contribution in [0.5, 0.6) is 0 Å². The average Bonchev–Trinajstić information content (AvgIpc) is 2.95. The summed E-state index contributed by atoms with van der Waals surface area (Å²) in [5.41, 5.74) is 5.03. The van der Waals surface area contributed by atoms with Gasteiger partial charge in [0.2, 0.25) is 5.91 Å². The van der Waals surface area contributed by atoms with Gasteiger partial charge < -0.3 is 9.72 Å². The number of amides is 1. The Balaban J connectivity index is 1.56. The molecule has 1 aliphatic rings. The highest BCUT2D eigenvalue weighted by atomic mass is 35.5. The second-order valence-corrected chi connectivity index (χ2v) is 6.76. The number of nitrogens with one attached hydrogen (secondary N) is 1. The maximum atomic E-state index is 12.7. The zero-order valence-corrected chi connectivity index (χ0v) is 14.2. The van der Waals surface area contributed by atoms with Crippen molar-refractivity contribution >= 4 is 28.8 Å². The molecule has 0 aliphatic heterocycles. The van der Waals surface area contributed by atoms with Crippen molar-refractivity contribution in [1.82, 2.24) is 9.38 Å². The fourth-order valence-electron chi connectivity index (χ4n) is 3.38. The molecule has 0 fully saturated rings. The van der Waals surface area contributed by atoms with E-state index in [-0.39, 0.29) is 11.8 Å². The third-order valence-electron chi connectivity index (χ3n) is 4.70. The first-order chi connectivity index (χ1) is 11.6. The van der Waals surface area contributed by atoms with Gasteiger partial charge >= 0.3 is 0 Å². The summed E-state index contributed by atoms with van der Waals surface area (Å²) in [6, 6.07) is 11.5. The molecule has 2 heterocycles. The van der Waals surface area contributed by atoms with Gasteiger partial charge in [0.25, 0.3) is 0 Å². The number of hydrogen-bond acceptors (Lipinski definition) is 2. The fraction of sp³-hybridized carbons (Fsp3) is 0.263. The summed E-state index contributed by atoms with van der Waals surface area (Å²) in [5, 5.41) is 3.73. The molecular weight excluding hydrogens is 322 g/mol. The molecule has 1 aliphatic carbocycles. The Bertz CT molecular complexity index is 932. The summed E-state index contributed by atoms with van der Waals surface area (Å²) in [6.45, 7) is 1.95. The lowest BCUT2D eigenvalue weighted by atomic mass is 9.89. The average molecular weight is 340 g/mol. The molecular formula is C19H18ClN3O. The van der Waals surface area contributed by atoms with Crippen molar-refractivity contribution in [3.8, 4) is 0 Å². The minimum absolute atomic E-state index is 0.0346. The van der Waals surface area contributed by atoms with Crippen LogP contribution < -0.4 is 5.32 Å². The van der Waals surface area contributed by atoms with E-state index in [0.29, 0.717) is 5.02 Å². The normalized spacial score (nSPS) is 16.8. The molecule has 1 amide bonds. The Morgan fingerprint density at radius 1 is 1.33 bits per heavy atom. The smallest absolute Gasteiger partial charge is 0.227 e. The van der Waals surface area contributed by atoms with Crippen LogP contribution in [0.2, 0.25) is 5.02 Å². The van der Waals surface area contributed by atoms with Gasteiger partial charge in [0, 0.05) is 34.9 Å². The minimum Gasteiger partial charge on any atom is -0.326 e. The van der Waals surface area contributed by atoms with E-state index in [2.05, 4.69) is 14.7 Å². The van der Waals surface area contributed by atoms with Crippen molar-refractivity contribution in [3.63, 3.8) is 0 Å². The van der Waals surface area contributed by atoms with E-state index >= 15 is 0 Å². The van der Waals surface area contributed by atoms with Gasteiger partial charge in [0.15, 0.2) is 0 Å². The number of imidazole rings is 1. The minimum atomic E-state index is -0.0346. The maximum Gasteiger partial charge on any atom is 0.227 e. The van der Waals surface area contributed by atoms with E-state index in [1.807, 2.05) is 43.5 Å². The highest BCUT2D eigenvalue weighted by Crippen LogP contribution is 2.28. The lowest BCUT2D eigenvalue weighted by Crippen LogP contribution is -2.28. The van der Waals surface area contributed by atoms with E-state index < -0.39 is 0 Å². The van der Waals surface area contributed by atoms with E-state index in [1.165, 1.54) is 0 Å². The van der Waals surface area contributed by atoms with Gasteiger partial charge in [-0.05, 0) is 55.7 Å². The Morgan fingerprint density at radius 3 is 3.04 bits per heavy atom. The monoisotopic (exact) mass is 339 g/mol. The lowest BCUT2D eigenvalue weighted by molar-refractivity contribution is -0.120. The van der Waals surface area contributed by atoms with Crippen molar-refractivity contribution in [2.75, 3.05) is 5.32 Å². The third-order valence-corrected chi connectivity index (χ3v) is 4.93. The van der Waals surface area contributed by atoms with Gasteiger partial charge in [-0.2, -0.15) is 0 Å². The molecule has 4 rings (SSSR count). The number of aryl methyl sites for hydroxylation is 2. The summed E-state index contributed by atoms with van der Waals surface area (Å²) in [6.07, 6.45) is 4.41. The summed E-state index contributed by atoms with van der Waals surface area (Å²) in [7, 11) is 0. The van der Waals surface area contributed by atoms with Crippen LogP contribution >= 0.6 is 11.6 Å². The number of rotatable bonds is 2. The predicted molar refractivity (Wildman–Crippen MR) is 95.5 cm³/mol. The predicted octanol–water partition coefficient (Wildman–Crippen LogP) is 4.04. The molecule has 0 radical (unpaired) electrons. The number of hydrogen-bond donors (Lipinski definition) is 1. The zero-order valence-electron chi connectivity index (χ0n) is 13.4. The molecule has 24 heavy (non-hydrogen) atoms. The second-order valence-electron chi connectivity index (χ2n) is 6.32. The Hall–Kier alpha value is -2.33. The molecule has 1 N–H and O–H groups in total. The second kappa shape index (κ2) is 5.95. The largest absolute Gasteiger partial charge is 0.326 e. The summed E-state index contributed by atoms with van der Waals surface area (Å²) < 4.78 is 2.10. The first-order valence-electron chi connectivity index (χ1n) is 8.13. The van der Waals surface area contributed by atoms with Crippen molar-refractivity contribution < 1.29 is 4.79 Å². The van der Waals surface area contributed by atoms with Gasteiger partial charge in [0.1, 0.15) is 5.65 Å². The number of fused-ring (bicyclic) bond motifs is 3. The molecule has 1 unspecified atom stereocenters. The van der Waals surface area contributed by atoms with E-state index in [9.17, 15) is 4.79 Å². The van der Waals surface area contributed by atoms with Crippen LogP contribution in [-0.4, -0.2) is 15.3 Å². The maximum absolute atomic E-state index is 12.7. The third kappa shape index (κ3) is 2.67. The Kier molecular flexibility index (Phi) is 3.77. The van der Waals surface area contributed by atoms with Crippen molar-refractivity contribution in [2.45, 2.75) is 26.2 Å². The molecule has 0 bridgehead atoms. The highest BCUT2D eigenvalue weighted by molar-refractivity contribution is 6.30. The number of nitrogens with zero attached hydrogens (tertiary/aromatic N) is 2. The van der Waals surface area contributed by atoms with Crippen LogP contribution in [0.25, 0.3) is 5.65 Å². The lowest BCUT2D eigenvalue weighted by Gasteiger charge is -2.21. The molecule has 0 saturated carbocycles. The molecule has 122 valence electrons. The molecule has 3 aromatic rings. The number of benzene rings is 1. The van der Waals surface area contributed by atoms with Crippen molar-refractivity contribution in [2.24, 2.45) is 5.92 Å². The van der Waals surface area contributed by atoms with E-state index in [4.69, 9.17) is 11.6 Å². The van der Waals surface area contributed by atoms with Gasteiger partial charge in [-0.25, -0.2) is 4.98 Å². The van der Waals surface area contributed by atoms with Crippen LogP contribution in [-0.2, 0) is 17.6 Å². The molecule has 0 spiro atoms. The van der Waals surface area contributed by atoms with Crippen LogP contribution in [0.3, 0.4) is 0 Å². The molecule has 4 nitrogen and oxygen atoms in total. The highest BCUT2D eigenvalue weighted by Gasteiger charge is 2.28. The topological polar surface area (TPSA) is 46.4 Å². The van der Waals surface area contributed by atoms with Crippen molar-refractivity contribution in [1.29, 1.82) is 0 Å². The van der Waals surface area contributed by atoms with Crippen LogP contribution in [0.4, 0.5) is 5.69 Å². The number of aromatic nitrogens is 2. The summed E-state index contributed by atoms with van der Waals surface area (Å²) in [4.78, 5) is 17.4. The van der Waals surface area contributed by atoms with Gasteiger partial charge in [-0.3, -0.25) is 4.79 Å². The van der Waals surface area contributed by atoms with Crippen LogP contribution in [0.15, 0.2) is 42.6 Å². The fourth-order valence-corrected chi connectivity index (χ4v) is 3.61. The Morgan fingerprint density at radius 2 is 2.21 bits per heavy atom. The molecule has 0 saturated heterocycles. The summed E-state index contributed by atoms with van der Waals surface area (Å²) >= 11 is 5.98. The van der Waals surface area contributed by atoms with Crippen LogP contribution in [0.1, 0.15) is 23.4 Å². The molecule has 1 aromatic carbocycles. The molecule has 5 heteroatoms.